The lowest BCUT2D eigenvalue weighted by Gasteiger charge is -2.26. The Hall–Kier alpha value is -3.48. The van der Waals surface area contributed by atoms with Gasteiger partial charge in [0.05, 0.1) is 25.6 Å². The van der Waals surface area contributed by atoms with Crippen molar-refractivity contribution in [2.24, 2.45) is 7.05 Å². The van der Waals surface area contributed by atoms with E-state index in [4.69, 9.17) is 8.83 Å². The van der Waals surface area contributed by atoms with Gasteiger partial charge in [0.2, 0.25) is 5.91 Å². The van der Waals surface area contributed by atoms with Gasteiger partial charge in [0.1, 0.15) is 12.3 Å². The van der Waals surface area contributed by atoms with Crippen molar-refractivity contribution in [3.63, 3.8) is 0 Å². The van der Waals surface area contributed by atoms with Crippen molar-refractivity contribution in [2.75, 3.05) is 13.1 Å². The minimum atomic E-state index is -0.352. The first kappa shape index (κ1) is 19.3. The lowest BCUT2D eigenvalue weighted by Crippen LogP contribution is -2.42. The molecule has 0 atom stereocenters. The molecule has 0 saturated carbocycles. The van der Waals surface area contributed by atoms with Crippen LogP contribution in [0.15, 0.2) is 76.6 Å². The molecule has 0 aromatic carbocycles. The molecule has 0 aliphatic rings. The largest absolute Gasteiger partial charge is 0.467 e. The summed E-state index contributed by atoms with van der Waals surface area (Å²) in [5, 5.41) is 0. The predicted octanol–water partition coefficient (Wildman–Crippen LogP) is 3.07. The number of carbonyl (C=O) groups excluding carboxylic acids is 2. The van der Waals surface area contributed by atoms with E-state index >= 15 is 0 Å². The summed E-state index contributed by atoms with van der Waals surface area (Å²) in [6.45, 7) is 4.55. The number of hydrogen-bond donors (Lipinski definition) is 0. The quantitative estimate of drug-likeness (QED) is 0.534. The maximum Gasteiger partial charge on any atom is 0.290 e. The Morgan fingerprint density at radius 3 is 2.46 bits per heavy atom. The smallest absolute Gasteiger partial charge is 0.290 e. The number of aryl methyl sites for hydroxylation is 1. The summed E-state index contributed by atoms with van der Waals surface area (Å²) >= 11 is 0. The van der Waals surface area contributed by atoms with Crippen molar-refractivity contribution in [1.82, 2.24) is 14.4 Å². The summed E-state index contributed by atoms with van der Waals surface area (Å²) in [6, 6.07) is 10.7. The second-order valence-electron chi connectivity index (χ2n) is 6.39. The monoisotopic (exact) mass is 381 g/mol. The molecule has 3 aromatic heterocycles. The Kier molecular flexibility index (Phi) is 6.16. The molecular formula is C21H23N3O4. The van der Waals surface area contributed by atoms with Crippen molar-refractivity contribution in [3.8, 4) is 0 Å². The molecule has 0 radical (unpaired) electrons. The molecule has 146 valence electrons. The average molecular weight is 381 g/mol. The molecule has 7 nitrogen and oxygen atoms in total. The zero-order valence-electron chi connectivity index (χ0n) is 15.8. The average Bonchev–Trinajstić information content (AvgIpc) is 3.44. The van der Waals surface area contributed by atoms with Crippen LogP contribution in [-0.2, 0) is 24.9 Å². The predicted molar refractivity (Wildman–Crippen MR) is 103 cm³/mol. The van der Waals surface area contributed by atoms with E-state index < -0.39 is 0 Å². The zero-order valence-corrected chi connectivity index (χ0v) is 15.8. The summed E-state index contributed by atoms with van der Waals surface area (Å²) in [5.41, 5.74) is 0.979. The number of hydrogen-bond acceptors (Lipinski definition) is 4. The Morgan fingerprint density at radius 2 is 1.86 bits per heavy atom. The third-order valence-corrected chi connectivity index (χ3v) is 4.38. The van der Waals surface area contributed by atoms with E-state index in [1.165, 1.54) is 11.2 Å². The van der Waals surface area contributed by atoms with Gasteiger partial charge in [0.25, 0.3) is 5.91 Å². The molecule has 0 spiro atoms. The van der Waals surface area contributed by atoms with E-state index in [0.29, 0.717) is 18.8 Å². The molecule has 2 amide bonds. The maximum absolute atomic E-state index is 13.1. The summed E-state index contributed by atoms with van der Waals surface area (Å²) in [7, 11) is 1.93. The zero-order chi connectivity index (χ0) is 19.9. The molecule has 3 heterocycles. The highest BCUT2D eigenvalue weighted by Crippen LogP contribution is 2.13. The van der Waals surface area contributed by atoms with E-state index in [0.717, 1.165) is 5.69 Å². The Morgan fingerprint density at radius 1 is 1.07 bits per heavy atom. The Bertz CT molecular complexity index is 910. The van der Waals surface area contributed by atoms with Gasteiger partial charge in [-0.15, -0.1) is 6.58 Å². The summed E-state index contributed by atoms with van der Waals surface area (Å²) in [4.78, 5) is 28.8. The summed E-state index contributed by atoms with van der Waals surface area (Å²) in [6.07, 6.45) is 6.52. The number of nitrogens with zero attached hydrogens (tertiary/aromatic N) is 3. The highest BCUT2D eigenvalue weighted by Gasteiger charge is 2.24. The molecule has 0 aliphatic carbocycles. The lowest BCUT2D eigenvalue weighted by atomic mass is 10.3. The topological polar surface area (TPSA) is 71.8 Å². The van der Waals surface area contributed by atoms with Gasteiger partial charge >= 0.3 is 0 Å². The molecule has 0 N–H and O–H groups in total. The molecule has 3 rings (SSSR count). The van der Waals surface area contributed by atoms with Crippen LogP contribution in [-0.4, -0.2) is 39.3 Å². The second kappa shape index (κ2) is 8.94. The number of rotatable bonds is 9. The van der Waals surface area contributed by atoms with Crippen LogP contribution in [0.4, 0.5) is 0 Å². The number of aromatic nitrogens is 1. The Balaban J connectivity index is 1.77. The van der Waals surface area contributed by atoms with E-state index in [9.17, 15) is 9.59 Å². The number of carbonyl (C=O) groups is 2. The van der Waals surface area contributed by atoms with E-state index in [-0.39, 0.29) is 30.7 Å². The fourth-order valence-electron chi connectivity index (χ4n) is 2.87. The second-order valence-corrected chi connectivity index (χ2v) is 6.39. The van der Waals surface area contributed by atoms with Crippen molar-refractivity contribution in [2.45, 2.75) is 13.1 Å². The molecule has 3 aromatic rings. The first-order chi connectivity index (χ1) is 13.6. The first-order valence-corrected chi connectivity index (χ1v) is 8.92. The van der Waals surface area contributed by atoms with Crippen LogP contribution in [0, 0.1) is 0 Å². The maximum atomic E-state index is 13.1. The normalized spacial score (nSPS) is 10.6. The molecule has 0 bridgehead atoms. The molecular weight excluding hydrogens is 358 g/mol. The van der Waals surface area contributed by atoms with Crippen LogP contribution in [0.25, 0.3) is 0 Å². The van der Waals surface area contributed by atoms with Crippen molar-refractivity contribution >= 4 is 11.8 Å². The molecule has 28 heavy (non-hydrogen) atoms. The fourth-order valence-corrected chi connectivity index (χ4v) is 2.87. The minimum absolute atomic E-state index is 0.0866. The molecule has 0 saturated heterocycles. The highest BCUT2D eigenvalue weighted by molar-refractivity contribution is 5.94. The van der Waals surface area contributed by atoms with Crippen molar-refractivity contribution < 1.29 is 18.4 Å². The van der Waals surface area contributed by atoms with Crippen molar-refractivity contribution in [1.29, 1.82) is 0 Å². The number of amides is 2. The van der Waals surface area contributed by atoms with Crippen molar-refractivity contribution in [3.05, 3.63) is 85.0 Å². The molecule has 0 aliphatic heterocycles. The van der Waals surface area contributed by atoms with Gasteiger partial charge in [-0.2, -0.15) is 0 Å². The SMILES string of the molecule is C=CCN(CC(=O)N(Cc1ccco1)Cc1cccn1C)C(=O)c1ccco1. The highest BCUT2D eigenvalue weighted by atomic mass is 16.3. The van der Waals surface area contributed by atoms with Crippen LogP contribution in [0.2, 0.25) is 0 Å². The van der Waals surface area contributed by atoms with Crippen LogP contribution in [0.3, 0.4) is 0 Å². The van der Waals surface area contributed by atoms with Gasteiger partial charge in [-0.05, 0) is 36.4 Å². The summed E-state index contributed by atoms with van der Waals surface area (Å²) < 4.78 is 12.5. The van der Waals surface area contributed by atoms with E-state index in [2.05, 4.69) is 6.58 Å². The lowest BCUT2D eigenvalue weighted by molar-refractivity contribution is -0.133. The molecule has 7 heteroatoms. The summed E-state index contributed by atoms with van der Waals surface area (Å²) in [5.74, 6) is 0.319. The van der Waals surface area contributed by atoms with Crippen LogP contribution < -0.4 is 0 Å². The number of furan rings is 2. The van der Waals surface area contributed by atoms with Gasteiger partial charge in [-0.25, -0.2) is 0 Å². The van der Waals surface area contributed by atoms with Crippen LogP contribution in [0.1, 0.15) is 22.0 Å². The molecule has 0 unspecified atom stereocenters. The molecule has 0 fully saturated rings. The van der Waals surface area contributed by atoms with Gasteiger partial charge in [0.15, 0.2) is 5.76 Å². The van der Waals surface area contributed by atoms with Crippen LogP contribution in [0.5, 0.6) is 0 Å². The van der Waals surface area contributed by atoms with Gasteiger partial charge in [-0.3, -0.25) is 9.59 Å². The van der Waals surface area contributed by atoms with Crippen LogP contribution >= 0.6 is 0 Å². The first-order valence-electron chi connectivity index (χ1n) is 8.92. The minimum Gasteiger partial charge on any atom is -0.467 e. The fraction of sp³-hybridized carbons (Fsp3) is 0.238. The third-order valence-electron chi connectivity index (χ3n) is 4.38. The third kappa shape index (κ3) is 4.62. The van der Waals surface area contributed by atoms with Gasteiger partial charge in [0, 0.05) is 25.5 Å². The van der Waals surface area contributed by atoms with Gasteiger partial charge in [-0.1, -0.05) is 6.08 Å². The van der Waals surface area contributed by atoms with Gasteiger partial charge < -0.3 is 23.2 Å². The van der Waals surface area contributed by atoms with E-state index in [1.54, 1.807) is 35.4 Å². The Labute approximate surface area is 163 Å². The van der Waals surface area contributed by atoms with E-state index in [1.807, 2.05) is 36.0 Å². The standard InChI is InChI=1S/C21H23N3O4/c1-3-10-23(21(26)19-9-6-13-28-19)16-20(25)24(15-18-8-5-12-27-18)14-17-7-4-11-22(17)2/h3-9,11-13H,1,10,14-16H2,2H3.